The summed E-state index contributed by atoms with van der Waals surface area (Å²) in [4.78, 5) is 17.5. The van der Waals surface area contributed by atoms with Crippen molar-refractivity contribution < 1.29 is 9.90 Å². The number of thiazole rings is 1. The van der Waals surface area contributed by atoms with Crippen LogP contribution in [0.1, 0.15) is 59.6 Å². The average molecular weight is 364 g/mol. The number of amides is 1. The molecule has 0 aromatic carbocycles. The van der Waals surface area contributed by atoms with Crippen LogP contribution in [0, 0.1) is 6.92 Å². The van der Waals surface area contributed by atoms with Gasteiger partial charge in [-0.05, 0) is 33.6 Å². The molecule has 2 heterocycles. The molecule has 2 aromatic rings. The lowest BCUT2D eigenvalue weighted by Crippen LogP contribution is -2.44. The van der Waals surface area contributed by atoms with Gasteiger partial charge in [-0.1, -0.05) is 11.3 Å². The number of hydrogen-bond donors (Lipinski definition) is 3. The Hall–Kier alpha value is -2.00. The molecule has 2 aromatic heterocycles. The molecule has 9 heteroatoms. The zero-order valence-electron chi connectivity index (χ0n) is 14.7. The highest BCUT2D eigenvalue weighted by Gasteiger charge is 2.35. The van der Waals surface area contributed by atoms with Crippen molar-refractivity contribution in [1.82, 2.24) is 25.1 Å². The third-order valence-corrected chi connectivity index (χ3v) is 5.60. The van der Waals surface area contributed by atoms with Crippen LogP contribution in [0.5, 0.6) is 0 Å². The molecule has 0 atom stereocenters. The van der Waals surface area contributed by atoms with Crippen LogP contribution in [0.25, 0.3) is 0 Å². The van der Waals surface area contributed by atoms with E-state index in [1.54, 1.807) is 0 Å². The third-order valence-electron chi connectivity index (χ3n) is 4.48. The average Bonchev–Trinajstić information content (AvgIpc) is 3.13. The van der Waals surface area contributed by atoms with E-state index in [4.69, 9.17) is 0 Å². The minimum Gasteiger partial charge on any atom is -0.388 e. The molecule has 1 amide bonds. The van der Waals surface area contributed by atoms with Gasteiger partial charge in [0.05, 0.1) is 5.69 Å². The number of aliphatic hydroxyl groups is 1. The summed E-state index contributed by atoms with van der Waals surface area (Å²) in [7, 11) is 0. The summed E-state index contributed by atoms with van der Waals surface area (Å²) in [5.74, 6) is 1.72. The fraction of sp³-hybridized carbons (Fsp3) is 0.625. The van der Waals surface area contributed by atoms with Crippen molar-refractivity contribution in [3.63, 3.8) is 0 Å². The smallest absolute Gasteiger partial charge is 0.263 e. The van der Waals surface area contributed by atoms with Crippen molar-refractivity contribution in [2.75, 3.05) is 11.9 Å². The molecule has 0 radical (unpaired) electrons. The maximum absolute atomic E-state index is 12.5. The van der Waals surface area contributed by atoms with Crippen LogP contribution < -0.4 is 10.6 Å². The Morgan fingerprint density at radius 3 is 2.76 bits per heavy atom. The molecule has 0 saturated heterocycles. The van der Waals surface area contributed by atoms with Crippen LogP contribution in [-0.2, 0) is 13.2 Å². The molecule has 3 N–H and O–H groups in total. The Morgan fingerprint density at radius 2 is 2.12 bits per heavy atom. The molecule has 0 unspecified atom stereocenters. The summed E-state index contributed by atoms with van der Waals surface area (Å²) in [5.41, 5.74) is 0.757. The van der Waals surface area contributed by atoms with E-state index >= 15 is 0 Å². The zero-order chi connectivity index (χ0) is 18.0. The summed E-state index contributed by atoms with van der Waals surface area (Å²) in [6.07, 6.45) is 1.68. The minimum absolute atomic E-state index is 0.0596. The van der Waals surface area contributed by atoms with Gasteiger partial charge in [0.2, 0.25) is 0 Å². The van der Waals surface area contributed by atoms with Gasteiger partial charge in [-0.2, -0.15) is 0 Å². The van der Waals surface area contributed by atoms with Gasteiger partial charge in [-0.25, -0.2) is 4.98 Å². The molecule has 1 saturated carbocycles. The fourth-order valence-corrected chi connectivity index (χ4v) is 4.08. The van der Waals surface area contributed by atoms with Gasteiger partial charge >= 0.3 is 0 Å². The maximum atomic E-state index is 12.5. The zero-order valence-corrected chi connectivity index (χ0v) is 15.6. The predicted molar refractivity (Wildman–Crippen MR) is 95.9 cm³/mol. The van der Waals surface area contributed by atoms with Gasteiger partial charge in [0.1, 0.15) is 17.3 Å². The molecular weight excluding hydrogens is 340 g/mol. The Bertz CT molecular complexity index is 750. The summed E-state index contributed by atoms with van der Waals surface area (Å²) < 4.78 is 1.96. The standard InChI is InChI=1S/C16H24N6O2S/c1-4-17-16-18-9(3)13(25-16)15(24)19-11-6-10(7-11)14-21-20-12(8-23)22(14)5-2/h10-11,23H,4-8H2,1-3H3,(H,17,18)(H,19,24). The maximum Gasteiger partial charge on any atom is 0.263 e. The lowest BCUT2D eigenvalue weighted by molar-refractivity contribution is 0.0910. The number of rotatable bonds is 7. The summed E-state index contributed by atoms with van der Waals surface area (Å²) in [5, 5.41) is 24.6. The van der Waals surface area contributed by atoms with Crippen molar-refractivity contribution in [1.29, 1.82) is 0 Å². The molecule has 3 rings (SSSR count). The number of carbonyl (C=O) groups excluding carboxylic acids is 1. The Kier molecular flexibility index (Phi) is 5.33. The molecule has 0 bridgehead atoms. The highest BCUT2D eigenvalue weighted by Crippen LogP contribution is 2.36. The first-order chi connectivity index (χ1) is 12.1. The van der Waals surface area contributed by atoms with Crippen molar-refractivity contribution >= 4 is 22.4 Å². The first-order valence-electron chi connectivity index (χ1n) is 8.62. The lowest BCUT2D eigenvalue weighted by Gasteiger charge is -2.35. The van der Waals surface area contributed by atoms with Gasteiger partial charge in [-0.3, -0.25) is 4.79 Å². The highest BCUT2D eigenvalue weighted by molar-refractivity contribution is 7.17. The number of nitrogens with one attached hydrogen (secondary N) is 2. The van der Waals surface area contributed by atoms with Crippen molar-refractivity contribution in [3.05, 3.63) is 22.2 Å². The number of aryl methyl sites for hydroxylation is 1. The van der Waals surface area contributed by atoms with Crippen LogP contribution in [0.2, 0.25) is 0 Å². The quantitative estimate of drug-likeness (QED) is 0.690. The van der Waals surface area contributed by atoms with Crippen LogP contribution in [0.15, 0.2) is 0 Å². The molecule has 1 fully saturated rings. The first kappa shape index (κ1) is 17.8. The van der Waals surface area contributed by atoms with Crippen molar-refractivity contribution in [2.24, 2.45) is 0 Å². The van der Waals surface area contributed by atoms with Crippen LogP contribution >= 0.6 is 11.3 Å². The normalized spacial score (nSPS) is 19.5. The number of aromatic nitrogens is 4. The van der Waals surface area contributed by atoms with E-state index in [0.717, 1.165) is 42.6 Å². The molecule has 1 aliphatic rings. The second-order valence-electron chi connectivity index (χ2n) is 6.18. The van der Waals surface area contributed by atoms with E-state index in [1.165, 1.54) is 11.3 Å². The van der Waals surface area contributed by atoms with Gasteiger partial charge in [0.15, 0.2) is 11.0 Å². The first-order valence-corrected chi connectivity index (χ1v) is 9.43. The Labute approximate surface area is 150 Å². The molecule has 1 aliphatic carbocycles. The SMILES string of the molecule is CCNc1nc(C)c(C(=O)NC2CC(c3nnc(CO)n3CC)C2)s1. The summed E-state index contributed by atoms with van der Waals surface area (Å²) in [6.45, 7) is 7.29. The van der Waals surface area contributed by atoms with E-state index in [1.807, 2.05) is 25.3 Å². The van der Waals surface area contributed by atoms with Crippen LogP contribution in [0.4, 0.5) is 5.13 Å². The fourth-order valence-electron chi connectivity index (χ4n) is 3.14. The number of hydrogen-bond acceptors (Lipinski definition) is 7. The minimum atomic E-state index is -0.105. The second kappa shape index (κ2) is 7.49. The Morgan fingerprint density at radius 1 is 1.36 bits per heavy atom. The van der Waals surface area contributed by atoms with Crippen molar-refractivity contribution in [2.45, 2.75) is 58.7 Å². The second-order valence-corrected chi connectivity index (χ2v) is 7.18. The predicted octanol–water partition coefficient (Wildman–Crippen LogP) is 1.66. The van der Waals surface area contributed by atoms with Crippen LogP contribution in [0.3, 0.4) is 0 Å². The number of carbonyl (C=O) groups is 1. The number of anilines is 1. The van der Waals surface area contributed by atoms with E-state index in [0.29, 0.717) is 10.7 Å². The number of aliphatic hydroxyl groups excluding tert-OH is 1. The summed E-state index contributed by atoms with van der Waals surface area (Å²) in [6, 6.07) is 0.140. The van der Waals surface area contributed by atoms with E-state index in [2.05, 4.69) is 25.8 Å². The molecule has 136 valence electrons. The molecule has 8 nitrogen and oxygen atoms in total. The molecular formula is C16H24N6O2S. The van der Waals surface area contributed by atoms with E-state index < -0.39 is 0 Å². The monoisotopic (exact) mass is 364 g/mol. The van der Waals surface area contributed by atoms with E-state index in [-0.39, 0.29) is 24.5 Å². The van der Waals surface area contributed by atoms with Gasteiger partial charge in [0, 0.05) is 25.0 Å². The van der Waals surface area contributed by atoms with Gasteiger partial charge in [0.25, 0.3) is 5.91 Å². The third kappa shape index (κ3) is 3.52. The highest BCUT2D eigenvalue weighted by atomic mass is 32.1. The summed E-state index contributed by atoms with van der Waals surface area (Å²) >= 11 is 1.39. The topological polar surface area (TPSA) is 105 Å². The van der Waals surface area contributed by atoms with Crippen LogP contribution in [-0.4, -0.2) is 43.3 Å². The lowest BCUT2D eigenvalue weighted by atomic mass is 9.79. The molecule has 0 spiro atoms. The molecule has 0 aliphatic heterocycles. The van der Waals surface area contributed by atoms with Gasteiger partial charge < -0.3 is 20.3 Å². The molecule has 25 heavy (non-hydrogen) atoms. The van der Waals surface area contributed by atoms with Gasteiger partial charge in [-0.15, -0.1) is 10.2 Å². The van der Waals surface area contributed by atoms with Crippen molar-refractivity contribution in [3.8, 4) is 0 Å². The van der Waals surface area contributed by atoms with E-state index in [9.17, 15) is 9.90 Å². The number of nitrogens with zero attached hydrogens (tertiary/aromatic N) is 4. The largest absolute Gasteiger partial charge is 0.388 e. The Balaban J connectivity index is 1.58.